The third kappa shape index (κ3) is 2.02. The second-order valence-corrected chi connectivity index (χ2v) is 15.9. The van der Waals surface area contributed by atoms with Crippen LogP contribution in [0.2, 0.25) is 0 Å². The molecule has 35 heavy (non-hydrogen) atoms. The lowest BCUT2D eigenvalue weighted by Crippen LogP contribution is -2.43. The van der Waals surface area contributed by atoms with E-state index in [2.05, 4.69) is 48.6 Å². The van der Waals surface area contributed by atoms with Crippen molar-refractivity contribution in [1.82, 2.24) is 0 Å². The maximum Gasteiger partial charge on any atom is -0.0168 e. The summed E-state index contributed by atoms with van der Waals surface area (Å²) in [6.07, 6.45) is 31.3. The Kier molecular flexibility index (Phi) is 3.36. The van der Waals surface area contributed by atoms with Gasteiger partial charge in [0.2, 0.25) is 0 Å². The fourth-order valence-corrected chi connectivity index (χ4v) is 15.7. The summed E-state index contributed by atoms with van der Waals surface area (Å²) in [5.41, 5.74) is 0. The minimum absolute atomic E-state index is 0.991. The average Bonchev–Trinajstić information content (AvgIpc) is 3.75. The standard InChI is InChI=1S/C20H24.C15H18/c1-2-11-12(3-1)14-7-13(11)19-15-8-16(20(14)19)18-10-5-4-9(6-10)17(15)18;1-2-10-11(3-1)13-7-12(10)14-8-4-5-9(6-8)15(13)14/h1-2,4-5,9-20H,3,6-8H2;1-2,4-5,8-15H,3,6-7H2. The molecule has 0 spiro atoms. The van der Waals surface area contributed by atoms with E-state index in [-0.39, 0.29) is 0 Å². The summed E-state index contributed by atoms with van der Waals surface area (Å²) in [5, 5.41) is 0. The summed E-state index contributed by atoms with van der Waals surface area (Å²) in [6.45, 7) is 0. The Morgan fingerprint density at radius 1 is 0.314 bits per heavy atom. The van der Waals surface area contributed by atoms with E-state index in [1.54, 1.807) is 25.7 Å². The highest BCUT2D eigenvalue weighted by Gasteiger charge is 2.72. The van der Waals surface area contributed by atoms with Gasteiger partial charge < -0.3 is 0 Å². The lowest BCUT2D eigenvalue weighted by atomic mass is 9.57. The molecule has 20 unspecified atom stereocenters. The Morgan fingerprint density at radius 2 is 0.714 bits per heavy atom. The molecule has 0 aromatic rings. The number of allylic oxidation sites excluding steroid dienone is 8. The molecule has 12 rings (SSSR count). The first-order chi connectivity index (χ1) is 17.3. The molecule has 0 aliphatic heterocycles. The quantitative estimate of drug-likeness (QED) is 0.260. The van der Waals surface area contributed by atoms with Crippen LogP contribution in [0.1, 0.15) is 44.9 Å². The van der Waals surface area contributed by atoms with Crippen LogP contribution in [0.15, 0.2) is 48.6 Å². The smallest absolute Gasteiger partial charge is 0.0168 e. The third-order valence-electron chi connectivity index (χ3n) is 15.8. The number of hydrogen-bond acceptors (Lipinski definition) is 0. The molecule has 0 amide bonds. The molecular weight excluding hydrogens is 420 g/mol. The maximum atomic E-state index is 2.63. The first-order valence-electron chi connectivity index (χ1n) is 16.0. The first-order valence-corrected chi connectivity index (χ1v) is 16.0. The van der Waals surface area contributed by atoms with E-state index in [0.29, 0.717) is 0 Å². The molecule has 8 fully saturated rings. The average molecular weight is 463 g/mol. The summed E-state index contributed by atoms with van der Waals surface area (Å²) >= 11 is 0. The molecule has 0 saturated heterocycles. The Bertz CT molecular complexity index is 1110. The first kappa shape index (κ1) is 19.1. The Balaban J connectivity index is 0.000000101. The molecule has 12 aliphatic rings. The molecule has 0 aromatic carbocycles. The van der Waals surface area contributed by atoms with Gasteiger partial charge in [-0.05, 0) is 163 Å². The number of fused-ring (bicyclic) bond motifs is 31. The fourth-order valence-electron chi connectivity index (χ4n) is 15.7. The topological polar surface area (TPSA) is 0 Å². The molecule has 10 bridgehead atoms. The Labute approximate surface area is 211 Å². The highest BCUT2D eigenvalue weighted by molar-refractivity contribution is 5.28. The molecule has 8 saturated carbocycles. The molecular formula is C35H42. The van der Waals surface area contributed by atoms with Crippen molar-refractivity contribution < 1.29 is 0 Å². The molecule has 0 aromatic heterocycles. The van der Waals surface area contributed by atoms with Crippen molar-refractivity contribution in [1.29, 1.82) is 0 Å². The van der Waals surface area contributed by atoms with Crippen molar-refractivity contribution in [2.75, 3.05) is 0 Å². The van der Waals surface area contributed by atoms with Gasteiger partial charge in [0.15, 0.2) is 0 Å². The maximum absolute atomic E-state index is 2.63. The van der Waals surface area contributed by atoms with Gasteiger partial charge in [0.05, 0.1) is 0 Å². The SMILES string of the molecule is C1=CC2C(C1)C1CC2C2C3C=CC(C3)C12.C1=CC2C(C1)C1CC2C2C3CC(C4C5C=CC(C5)C34)C12. The lowest BCUT2D eigenvalue weighted by molar-refractivity contribution is 0.0160. The van der Waals surface area contributed by atoms with Crippen LogP contribution >= 0.6 is 0 Å². The van der Waals surface area contributed by atoms with Crippen LogP contribution in [-0.2, 0) is 0 Å². The zero-order chi connectivity index (χ0) is 22.2. The molecule has 0 N–H and O–H groups in total. The Morgan fingerprint density at radius 3 is 1.29 bits per heavy atom. The van der Waals surface area contributed by atoms with Crippen molar-refractivity contribution in [2.45, 2.75) is 44.9 Å². The van der Waals surface area contributed by atoms with Gasteiger partial charge in [-0.1, -0.05) is 48.6 Å². The van der Waals surface area contributed by atoms with Crippen LogP contribution < -0.4 is 0 Å². The fraction of sp³-hybridized carbons (Fsp3) is 0.771. The molecule has 0 nitrogen and oxygen atoms in total. The second kappa shape index (κ2) is 6.15. The van der Waals surface area contributed by atoms with Crippen molar-refractivity contribution in [3.05, 3.63) is 48.6 Å². The number of rotatable bonds is 0. The molecule has 20 atom stereocenters. The second-order valence-electron chi connectivity index (χ2n) is 15.9. The third-order valence-corrected chi connectivity index (χ3v) is 15.8. The van der Waals surface area contributed by atoms with Gasteiger partial charge in [-0.3, -0.25) is 0 Å². The molecule has 0 radical (unpaired) electrons. The number of hydrogen-bond donors (Lipinski definition) is 0. The summed E-state index contributed by atoms with van der Waals surface area (Å²) in [7, 11) is 0. The van der Waals surface area contributed by atoms with Crippen molar-refractivity contribution in [3.63, 3.8) is 0 Å². The van der Waals surface area contributed by atoms with E-state index < -0.39 is 0 Å². The largest absolute Gasteiger partial charge is 0.0879 e. The normalized spacial score (nSPS) is 70.2. The predicted molar refractivity (Wildman–Crippen MR) is 139 cm³/mol. The lowest BCUT2D eigenvalue weighted by Gasteiger charge is -2.47. The zero-order valence-electron chi connectivity index (χ0n) is 21.1. The van der Waals surface area contributed by atoms with E-state index in [0.717, 1.165) is 107 Å². The van der Waals surface area contributed by atoms with Gasteiger partial charge in [0.1, 0.15) is 0 Å². The van der Waals surface area contributed by atoms with Crippen molar-refractivity contribution in [2.24, 2.45) is 118 Å². The minimum atomic E-state index is 0.991. The molecule has 12 aliphatic carbocycles. The van der Waals surface area contributed by atoms with Crippen molar-refractivity contribution >= 4 is 0 Å². The summed E-state index contributed by atoms with van der Waals surface area (Å²) in [4.78, 5) is 0. The summed E-state index contributed by atoms with van der Waals surface area (Å²) in [6, 6.07) is 0. The minimum Gasteiger partial charge on any atom is -0.0879 e. The van der Waals surface area contributed by atoms with Crippen LogP contribution in [0.4, 0.5) is 0 Å². The molecule has 182 valence electrons. The van der Waals surface area contributed by atoms with E-state index in [9.17, 15) is 0 Å². The van der Waals surface area contributed by atoms with E-state index in [1.807, 2.05) is 0 Å². The van der Waals surface area contributed by atoms with Crippen LogP contribution in [0.3, 0.4) is 0 Å². The van der Waals surface area contributed by atoms with E-state index in [4.69, 9.17) is 0 Å². The Hall–Kier alpha value is -1.04. The van der Waals surface area contributed by atoms with Crippen LogP contribution in [0, 0.1) is 118 Å². The molecule has 0 heterocycles. The highest BCUT2D eigenvalue weighted by atomic mass is 14.8. The van der Waals surface area contributed by atoms with Gasteiger partial charge in [-0.15, -0.1) is 0 Å². The van der Waals surface area contributed by atoms with Crippen molar-refractivity contribution in [3.8, 4) is 0 Å². The summed E-state index contributed by atoms with van der Waals surface area (Å²) < 4.78 is 0. The van der Waals surface area contributed by atoms with Gasteiger partial charge in [-0.2, -0.15) is 0 Å². The van der Waals surface area contributed by atoms with Gasteiger partial charge in [-0.25, -0.2) is 0 Å². The predicted octanol–water partition coefficient (Wildman–Crippen LogP) is 7.42. The monoisotopic (exact) mass is 462 g/mol. The van der Waals surface area contributed by atoms with Crippen LogP contribution in [0.5, 0.6) is 0 Å². The van der Waals surface area contributed by atoms with E-state index in [1.165, 1.54) is 31.1 Å². The zero-order valence-corrected chi connectivity index (χ0v) is 21.1. The van der Waals surface area contributed by atoms with Gasteiger partial charge >= 0.3 is 0 Å². The summed E-state index contributed by atoms with van der Waals surface area (Å²) in [5.74, 6) is 21.8. The van der Waals surface area contributed by atoms with Crippen LogP contribution in [0.25, 0.3) is 0 Å². The van der Waals surface area contributed by atoms with Gasteiger partial charge in [0.25, 0.3) is 0 Å². The van der Waals surface area contributed by atoms with E-state index >= 15 is 0 Å². The van der Waals surface area contributed by atoms with Crippen LogP contribution in [-0.4, -0.2) is 0 Å². The van der Waals surface area contributed by atoms with Gasteiger partial charge in [0, 0.05) is 0 Å². The highest BCUT2D eigenvalue weighted by Crippen LogP contribution is 2.78. The molecule has 0 heteroatoms.